The van der Waals surface area contributed by atoms with Crippen LogP contribution in [0.5, 0.6) is 5.75 Å². The predicted molar refractivity (Wildman–Crippen MR) is 114 cm³/mol. The molecule has 6 N–H and O–H groups in total. The zero-order valence-electron chi connectivity index (χ0n) is 16.4. The number of nitrogens with two attached hydrogens (primary N) is 2. The molecular formula is C22H32N4O2. The number of hydrogen-bond acceptors (Lipinski definition) is 6. The fourth-order valence-electron chi connectivity index (χ4n) is 3.58. The van der Waals surface area contributed by atoms with Crippen molar-refractivity contribution in [1.29, 1.82) is 0 Å². The molecule has 1 atom stereocenters. The van der Waals surface area contributed by atoms with Crippen molar-refractivity contribution in [1.82, 2.24) is 10.2 Å². The van der Waals surface area contributed by atoms with Crippen molar-refractivity contribution in [2.45, 2.75) is 25.5 Å². The van der Waals surface area contributed by atoms with Crippen LogP contribution < -0.4 is 21.5 Å². The number of benzene rings is 2. The second-order valence-corrected chi connectivity index (χ2v) is 7.59. The Balaban J connectivity index is 1.29. The van der Waals surface area contributed by atoms with E-state index in [0.717, 1.165) is 26.2 Å². The molecule has 1 aliphatic rings. The van der Waals surface area contributed by atoms with Gasteiger partial charge in [-0.3, -0.25) is 4.90 Å². The van der Waals surface area contributed by atoms with E-state index in [0.29, 0.717) is 29.6 Å². The third-order valence-electron chi connectivity index (χ3n) is 5.30. The van der Waals surface area contributed by atoms with E-state index in [1.807, 2.05) is 0 Å². The number of nitrogen functional groups attached to an aromatic ring is 2. The van der Waals surface area contributed by atoms with Crippen molar-refractivity contribution in [2.24, 2.45) is 5.92 Å². The Bertz CT molecular complexity index is 718. The van der Waals surface area contributed by atoms with Gasteiger partial charge in [0, 0.05) is 13.1 Å². The summed E-state index contributed by atoms with van der Waals surface area (Å²) in [6.07, 6.45) is 1.79. The minimum absolute atomic E-state index is 0.191. The Morgan fingerprint density at radius 2 is 1.82 bits per heavy atom. The second-order valence-electron chi connectivity index (χ2n) is 7.59. The molecule has 1 aliphatic heterocycles. The first-order valence-corrected chi connectivity index (χ1v) is 10.0. The molecule has 2 aromatic rings. The van der Waals surface area contributed by atoms with Gasteiger partial charge in [0.2, 0.25) is 0 Å². The van der Waals surface area contributed by atoms with E-state index in [9.17, 15) is 5.11 Å². The molecular weight excluding hydrogens is 352 g/mol. The quantitative estimate of drug-likeness (QED) is 0.495. The van der Waals surface area contributed by atoms with Gasteiger partial charge in [-0.05, 0) is 56.1 Å². The van der Waals surface area contributed by atoms with Crippen molar-refractivity contribution < 1.29 is 9.84 Å². The Morgan fingerprint density at radius 1 is 1.07 bits per heavy atom. The van der Waals surface area contributed by atoms with Crippen molar-refractivity contribution >= 4 is 11.4 Å². The third kappa shape index (κ3) is 6.12. The van der Waals surface area contributed by atoms with Crippen molar-refractivity contribution in [3.8, 4) is 5.75 Å². The van der Waals surface area contributed by atoms with E-state index in [2.05, 4.69) is 40.5 Å². The van der Waals surface area contributed by atoms with E-state index < -0.39 is 6.10 Å². The van der Waals surface area contributed by atoms with Gasteiger partial charge in [0.25, 0.3) is 0 Å². The molecule has 0 saturated carbocycles. The minimum Gasteiger partial charge on any atom is -0.489 e. The fourth-order valence-corrected chi connectivity index (χ4v) is 3.58. The summed E-state index contributed by atoms with van der Waals surface area (Å²) in [6.45, 7) is 4.91. The molecule has 1 heterocycles. The first-order valence-electron chi connectivity index (χ1n) is 10.0. The van der Waals surface area contributed by atoms with Crippen LogP contribution in [0.2, 0.25) is 0 Å². The Labute approximate surface area is 167 Å². The van der Waals surface area contributed by atoms with Crippen LogP contribution >= 0.6 is 0 Å². The highest BCUT2D eigenvalue weighted by Gasteiger charge is 2.19. The number of nitrogens with one attached hydrogen (secondary N) is 1. The Morgan fingerprint density at radius 3 is 2.57 bits per heavy atom. The van der Waals surface area contributed by atoms with Crippen LogP contribution in [0.3, 0.4) is 0 Å². The van der Waals surface area contributed by atoms with Gasteiger partial charge < -0.3 is 26.6 Å². The smallest absolute Gasteiger partial charge is 0.144 e. The lowest BCUT2D eigenvalue weighted by Crippen LogP contribution is -2.39. The van der Waals surface area contributed by atoms with Crippen molar-refractivity contribution in [3.05, 3.63) is 54.1 Å². The number of anilines is 2. The summed E-state index contributed by atoms with van der Waals surface area (Å²) in [5, 5.41) is 13.5. The maximum Gasteiger partial charge on any atom is 0.144 e. The number of para-hydroxylation sites is 1. The predicted octanol–water partition coefficient (Wildman–Crippen LogP) is 2.09. The van der Waals surface area contributed by atoms with Crippen LogP contribution in [-0.4, -0.2) is 48.9 Å². The molecule has 1 fully saturated rings. The van der Waals surface area contributed by atoms with Gasteiger partial charge >= 0.3 is 0 Å². The topological polar surface area (TPSA) is 96.8 Å². The molecule has 0 amide bonds. The van der Waals surface area contributed by atoms with E-state index in [4.69, 9.17) is 16.2 Å². The van der Waals surface area contributed by atoms with Gasteiger partial charge in [-0.25, -0.2) is 0 Å². The number of aliphatic hydroxyl groups excluding tert-OH is 1. The van der Waals surface area contributed by atoms with Gasteiger partial charge in [0.15, 0.2) is 0 Å². The molecule has 0 bridgehead atoms. The Kier molecular flexibility index (Phi) is 7.54. The number of nitrogens with zero attached hydrogens (tertiary/aromatic N) is 1. The van der Waals surface area contributed by atoms with Crippen LogP contribution in [0.25, 0.3) is 0 Å². The highest BCUT2D eigenvalue weighted by molar-refractivity contribution is 5.70. The van der Waals surface area contributed by atoms with E-state index in [1.54, 1.807) is 18.2 Å². The largest absolute Gasteiger partial charge is 0.489 e. The van der Waals surface area contributed by atoms with E-state index >= 15 is 0 Å². The van der Waals surface area contributed by atoms with Crippen LogP contribution in [0.1, 0.15) is 18.4 Å². The SMILES string of the molecule is Nc1cccc(OCC(O)CNCC2CCN(Cc3ccccc3)CC2)c1N. The highest BCUT2D eigenvalue weighted by Crippen LogP contribution is 2.26. The van der Waals surface area contributed by atoms with Crippen molar-refractivity contribution in [3.63, 3.8) is 0 Å². The summed E-state index contributed by atoms with van der Waals surface area (Å²) in [5.41, 5.74) is 13.9. The molecule has 28 heavy (non-hydrogen) atoms. The summed E-state index contributed by atoms with van der Waals surface area (Å²) < 4.78 is 5.59. The maximum atomic E-state index is 10.1. The summed E-state index contributed by atoms with van der Waals surface area (Å²) in [5.74, 6) is 1.18. The molecule has 2 aromatic carbocycles. The van der Waals surface area contributed by atoms with Crippen molar-refractivity contribution in [2.75, 3.05) is 44.3 Å². The fraction of sp³-hybridized carbons (Fsp3) is 0.455. The molecule has 1 unspecified atom stereocenters. The molecule has 0 radical (unpaired) electrons. The summed E-state index contributed by atoms with van der Waals surface area (Å²) in [4.78, 5) is 2.52. The summed E-state index contributed by atoms with van der Waals surface area (Å²) in [6, 6.07) is 15.9. The number of piperidine rings is 1. The van der Waals surface area contributed by atoms with Crippen LogP contribution in [0.15, 0.2) is 48.5 Å². The lowest BCUT2D eigenvalue weighted by molar-refractivity contribution is 0.103. The second kappa shape index (κ2) is 10.3. The number of ether oxygens (including phenoxy) is 1. The highest BCUT2D eigenvalue weighted by atomic mass is 16.5. The zero-order chi connectivity index (χ0) is 19.8. The van der Waals surface area contributed by atoms with Gasteiger partial charge in [0.05, 0.1) is 11.4 Å². The molecule has 3 rings (SSSR count). The van der Waals surface area contributed by atoms with Crippen LogP contribution in [0.4, 0.5) is 11.4 Å². The van der Waals surface area contributed by atoms with Gasteiger partial charge in [-0.15, -0.1) is 0 Å². The monoisotopic (exact) mass is 384 g/mol. The molecule has 0 aromatic heterocycles. The number of likely N-dealkylation sites (tertiary alicyclic amines) is 1. The Hall–Kier alpha value is -2.28. The molecule has 1 saturated heterocycles. The minimum atomic E-state index is -0.584. The van der Waals surface area contributed by atoms with Crippen LogP contribution in [0, 0.1) is 5.92 Å². The lowest BCUT2D eigenvalue weighted by atomic mass is 9.96. The summed E-state index contributed by atoms with van der Waals surface area (Å²) in [7, 11) is 0. The number of rotatable bonds is 9. The van der Waals surface area contributed by atoms with Gasteiger partial charge in [0.1, 0.15) is 18.5 Å². The van der Waals surface area contributed by atoms with E-state index in [1.165, 1.54) is 18.4 Å². The molecule has 0 aliphatic carbocycles. The maximum absolute atomic E-state index is 10.1. The molecule has 0 spiro atoms. The third-order valence-corrected chi connectivity index (χ3v) is 5.30. The molecule has 6 heteroatoms. The normalized spacial score (nSPS) is 16.8. The van der Waals surface area contributed by atoms with Gasteiger partial charge in [-0.2, -0.15) is 0 Å². The lowest BCUT2D eigenvalue weighted by Gasteiger charge is -2.32. The first kappa shape index (κ1) is 20.5. The standard InChI is InChI=1S/C22H32N4O2/c23-20-7-4-8-21(22(20)24)28-16-19(27)14-25-13-17-9-11-26(12-10-17)15-18-5-2-1-3-6-18/h1-8,17,19,25,27H,9-16,23-24H2. The molecule has 6 nitrogen and oxygen atoms in total. The van der Waals surface area contributed by atoms with Crippen LogP contribution in [-0.2, 0) is 6.54 Å². The average molecular weight is 385 g/mol. The zero-order valence-corrected chi connectivity index (χ0v) is 16.4. The first-order chi connectivity index (χ1) is 13.6. The van der Waals surface area contributed by atoms with E-state index in [-0.39, 0.29) is 6.61 Å². The average Bonchev–Trinajstić information content (AvgIpc) is 2.71. The van der Waals surface area contributed by atoms with Gasteiger partial charge in [-0.1, -0.05) is 36.4 Å². The number of hydrogen-bond donors (Lipinski definition) is 4. The summed E-state index contributed by atoms with van der Waals surface area (Å²) >= 11 is 0. The molecule has 152 valence electrons. The number of aliphatic hydroxyl groups is 1.